The molecule has 0 unspecified atom stereocenters. The third-order valence-electron chi connectivity index (χ3n) is 5.06. The molecule has 0 aliphatic heterocycles. The van der Waals surface area contributed by atoms with Crippen LogP contribution in [-0.4, -0.2) is 38.5 Å². The minimum Gasteiger partial charge on any atom is -0.459 e. The van der Waals surface area contributed by atoms with Crippen molar-refractivity contribution < 1.29 is 9.21 Å². The van der Waals surface area contributed by atoms with Crippen molar-refractivity contribution in [2.75, 3.05) is 26.7 Å². The van der Waals surface area contributed by atoms with Crippen molar-refractivity contribution in [1.82, 2.24) is 16.0 Å². The van der Waals surface area contributed by atoms with Crippen LogP contribution in [0.25, 0.3) is 0 Å². The number of rotatable bonds is 8. The number of nitrogens with one attached hydrogen (secondary N) is 3. The molecule has 1 fully saturated rings. The molecule has 1 aromatic carbocycles. The van der Waals surface area contributed by atoms with E-state index in [9.17, 15) is 4.79 Å². The number of hydrogen-bond donors (Lipinski definition) is 3. The van der Waals surface area contributed by atoms with Crippen molar-refractivity contribution in [3.05, 3.63) is 59.5 Å². The first-order valence-corrected chi connectivity index (χ1v) is 9.47. The number of guanidine groups is 1. The summed E-state index contributed by atoms with van der Waals surface area (Å²) in [5.41, 5.74) is 2.49. The number of carbonyl (C=O) groups is 1. The fourth-order valence-electron chi connectivity index (χ4n) is 3.17. The van der Waals surface area contributed by atoms with Gasteiger partial charge in [0.05, 0.1) is 6.26 Å². The quantitative estimate of drug-likeness (QED) is 0.380. The fourth-order valence-corrected chi connectivity index (χ4v) is 3.17. The number of amides is 1. The van der Waals surface area contributed by atoms with Gasteiger partial charge in [0.15, 0.2) is 11.7 Å². The van der Waals surface area contributed by atoms with Crippen LogP contribution in [0, 0.1) is 6.92 Å². The molecule has 2 aromatic rings. The number of aliphatic imine (C=N–C) groups is 1. The van der Waals surface area contributed by atoms with Crippen LogP contribution in [0.2, 0.25) is 0 Å². The fraction of sp³-hybridized carbons (Fsp3) is 0.429. The lowest BCUT2D eigenvalue weighted by molar-refractivity contribution is 0.0925. The second-order valence-corrected chi connectivity index (χ2v) is 7.04. The molecule has 1 aliphatic rings. The number of nitrogens with zero attached hydrogens (tertiary/aromatic N) is 1. The van der Waals surface area contributed by atoms with Gasteiger partial charge >= 0.3 is 0 Å². The van der Waals surface area contributed by atoms with E-state index < -0.39 is 0 Å². The molecule has 1 aliphatic carbocycles. The van der Waals surface area contributed by atoms with Crippen LogP contribution in [0.1, 0.15) is 40.9 Å². The summed E-state index contributed by atoms with van der Waals surface area (Å²) in [5, 5.41) is 9.61. The maximum atomic E-state index is 12.0. The Balaban J connectivity index is 1.35. The van der Waals surface area contributed by atoms with Gasteiger partial charge in [0.1, 0.15) is 0 Å². The molecule has 0 atom stereocenters. The van der Waals surface area contributed by atoms with E-state index in [4.69, 9.17) is 4.42 Å². The van der Waals surface area contributed by atoms with E-state index in [1.165, 1.54) is 24.7 Å². The second kappa shape index (κ2) is 8.75. The van der Waals surface area contributed by atoms with E-state index in [0.29, 0.717) is 12.3 Å². The van der Waals surface area contributed by atoms with Crippen LogP contribution in [0.15, 0.2) is 52.1 Å². The largest absolute Gasteiger partial charge is 0.459 e. The molecular weight excluding hydrogens is 340 g/mol. The molecule has 1 amide bonds. The summed E-state index contributed by atoms with van der Waals surface area (Å²) in [5.74, 6) is 1.01. The first kappa shape index (κ1) is 19.0. The highest BCUT2D eigenvalue weighted by molar-refractivity contribution is 5.92. The van der Waals surface area contributed by atoms with Crippen molar-refractivity contribution >= 4 is 11.9 Å². The van der Waals surface area contributed by atoms with Crippen LogP contribution < -0.4 is 16.0 Å². The summed E-state index contributed by atoms with van der Waals surface area (Å²) in [6, 6.07) is 12.4. The van der Waals surface area contributed by atoms with E-state index >= 15 is 0 Å². The number of carbonyl (C=O) groups excluding carboxylic acids is 1. The van der Waals surface area contributed by atoms with Gasteiger partial charge in [0.2, 0.25) is 0 Å². The summed E-state index contributed by atoms with van der Waals surface area (Å²) in [7, 11) is 1.78. The van der Waals surface area contributed by atoms with Gasteiger partial charge in [0, 0.05) is 37.7 Å². The average molecular weight is 368 g/mol. The zero-order chi connectivity index (χ0) is 19.1. The maximum Gasteiger partial charge on any atom is 0.287 e. The molecular formula is C21H28N4O2. The van der Waals surface area contributed by atoms with Gasteiger partial charge in [-0.15, -0.1) is 0 Å². The third-order valence-corrected chi connectivity index (χ3v) is 5.06. The lowest BCUT2D eigenvalue weighted by Crippen LogP contribution is -2.42. The van der Waals surface area contributed by atoms with Gasteiger partial charge in [-0.2, -0.15) is 0 Å². The molecule has 6 heteroatoms. The monoisotopic (exact) mass is 368 g/mol. The highest BCUT2D eigenvalue weighted by Gasteiger charge is 2.43. The Labute approximate surface area is 160 Å². The van der Waals surface area contributed by atoms with Crippen molar-refractivity contribution in [2.24, 2.45) is 4.99 Å². The first-order valence-electron chi connectivity index (χ1n) is 9.47. The normalized spacial score (nSPS) is 15.3. The number of aryl methyl sites for hydroxylation is 1. The predicted octanol–water partition coefficient (Wildman–Crippen LogP) is 2.60. The summed E-state index contributed by atoms with van der Waals surface area (Å²) in [4.78, 5) is 16.3. The first-order chi connectivity index (χ1) is 13.1. The van der Waals surface area contributed by atoms with Crippen LogP contribution in [0.5, 0.6) is 0 Å². The van der Waals surface area contributed by atoms with E-state index in [-0.39, 0.29) is 11.3 Å². The molecule has 1 saturated carbocycles. The Hall–Kier alpha value is -2.76. The highest BCUT2D eigenvalue weighted by Crippen LogP contribution is 2.47. The molecule has 0 bridgehead atoms. The Bertz CT molecular complexity index is 778. The average Bonchev–Trinajstić information content (AvgIpc) is 3.37. The van der Waals surface area contributed by atoms with Gasteiger partial charge in [-0.1, -0.05) is 30.3 Å². The molecule has 0 radical (unpaired) electrons. The van der Waals surface area contributed by atoms with E-state index in [1.807, 2.05) is 6.92 Å². The van der Waals surface area contributed by atoms with Crippen LogP contribution >= 0.6 is 0 Å². The molecule has 3 N–H and O–H groups in total. The summed E-state index contributed by atoms with van der Waals surface area (Å²) >= 11 is 0. The minimum absolute atomic E-state index is 0.168. The Morgan fingerprint density at radius 3 is 2.48 bits per heavy atom. The van der Waals surface area contributed by atoms with Gasteiger partial charge in [-0.3, -0.25) is 9.79 Å². The van der Waals surface area contributed by atoms with Crippen LogP contribution in [0.3, 0.4) is 0 Å². The van der Waals surface area contributed by atoms with Gasteiger partial charge < -0.3 is 20.4 Å². The van der Waals surface area contributed by atoms with Crippen molar-refractivity contribution in [3.63, 3.8) is 0 Å². The van der Waals surface area contributed by atoms with Crippen molar-refractivity contribution in [3.8, 4) is 0 Å². The minimum atomic E-state index is -0.168. The van der Waals surface area contributed by atoms with E-state index in [1.54, 1.807) is 13.1 Å². The zero-order valence-electron chi connectivity index (χ0n) is 16.0. The highest BCUT2D eigenvalue weighted by atomic mass is 16.3. The molecule has 0 spiro atoms. The second-order valence-electron chi connectivity index (χ2n) is 7.04. The molecule has 144 valence electrons. The number of benzene rings is 1. The number of furan rings is 1. The molecule has 27 heavy (non-hydrogen) atoms. The Morgan fingerprint density at radius 2 is 1.85 bits per heavy atom. The molecule has 3 rings (SSSR count). The van der Waals surface area contributed by atoms with Crippen molar-refractivity contribution in [1.29, 1.82) is 0 Å². The summed E-state index contributed by atoms with van der Waals surface area (Å²) < 4.78 is 5.19. The lowest BCUT2D eigenvalue weighted by Gasteiger charge is -2.19. The molecule has 0 saturated heterocycles. The van der Waals surface area contributed by atoms with E-state index in [0.717, 1.165) is 31.0 Å². The van der Waals surface area contributed by atoms with Gasteiger partial charge in [0.25, 0.3) is 5.91 Å². The van der Waals surface area contributed by atoms with Gasteiger partial charge in [-0.25, -0.2) is 0 Å². The van der Waals surface area contributed by atoms with Crippen molar-refractivity contribution in [2.45, 2.75) is 31.6 Å². The zero-order valence-corrected chi connectivity index (χ0v) is 16.0. The van der Waals surface area contributed by atoms with Gasteiger partial charge in [-0.05, 0) is 37.8 Å². The maximum absolute atomic E-state index is 12.0. The predicted molar refractivity (Wildman–Crippen MR) is 107 cm³/mol. The van der Waals surface area contributed by atoms with Crippen LogP contribution in [0.4, 0.5) is 0 Å². The smallest absolute Gasteiger partial charge is 0.287 e. The Morgan fingerprint density at radius 1 is 1.11 bits per heavy atom. The molecule has 1 aromatic heterocycles. The third kappa shape index (κ3) is 4.90. The van der Waals surface area contributed by atoms with Crippen LogP contribution in [-0.2, 0) is 5.41 Å². The SMILES string of the molecule is CN=C(NCCCNC(=O)c1occc1C)NCC1(c2ccccc2)CC1. The van der Waals surface area contributed by atoms with E-state index in [2.05, 4.69) is 51.3 Å². The number of hydrogen-bond acceptors (Lipinski definition) is 3. The summed E-state index contributed by atoms with van der Waals surface area (Å²) in [6.07, 6.45) is 4.75. The topological polar surface area (TPSA) is 78.7 Å². The standard InChI is InChI=1S/C21H28N4O2/c1-16-9-14-27-18(16)19(26)23-12-6-13-24-20(22-2)25-15-21(10-11-21)17-7-4-3-5-8-17/h3-5,7-9,14H,6,10-13,15H2,1-2H3,(H,23,26)(H2,22,24,25). The molecule has 1 heterocycles. The Kier molecular flexibility index (Phi) is 6.16. The lowest BCUT2D eigenvalue weighted by atomic mass is 9.96. The summed E-state index contributed by atoms with van der Waals surface area (Å²) in [6.45, 7) is 4.05. The molecule has 6 nitrogen and oxygen atoms in total.